The Morgan fingerprint density at radius 3 is 2.48 bits per heavy atom. The van der Waals surface area contributed by atoms with Crippen LogP contribution in [0.4, 0.5) is 8.78 Å². The van der Waals surface area contributed by atoms with E-state index in [4.69, 9.17) is 4.52 Å². The summed E-state index contributed by atoms with van der Waals surface area (Å²) in [5.74, 6) is 0.740. The Bertz CT molecular complexity index is 710. The predicted molar refractivity (Wildman–Crippen MR) is 85.5 cm³/mol. The summed E-state index contributed by atoms with van der Waals surface area (Å²) in [5, 5.41) is 3.87. The molecule has 1 aliphatic heterocycles. The number of carbonyl (C=O) groups excluding carboxylic acids is 1. The number of ether oxygens (including phenoxy) is 1. The first-order valence-corrected chi connectivity index (χ1v) is 8.00. The number of alkyl halides is 2. The molecule has 0 N–H and O–H groups in total. The van der Waals surface area contributed by atoms with Gasteiger partial charge in [0.2, 0.25) is 0 Å². The Labute approximate surface area is 143 Å². The maximum absolute atomic E-state index is 12.5. The number of carbonyl (C=O) groups is 1. The zero-order valence-electron chi connectivity index (χ0n) is 13.8. The molecule has 1 saturated heterocycles. The third-order valence-electron chi connectivity index (χ3n) is 4.04. The molecule has 0 spiro atoms. The summed E-state index contributed by atoms with van der Waals surface area (Å²) < 4.78 is 33.8. The van der Waals surface area contributed by atoms with Gasteiger partial charge in [0.1, 0.15) is 5.75 Å². The van der Waals surface area contributed by atoms with Crippen LogP contribution in [0.25, 0.3) is 0 Å². The van der Waals surface area contributed by atoms with Crippen LogP contribution in [-0.2, 0) is 6.54 Å². The number of rotatable bonds is 5. The van der Waals surface area contributed by atoms with Gasteiger partial charge in [-0.05, 0) is 31.2 Å². The number of piperazine rings is 1. The fourth-order valence-electron chi connectivity index (χ4n) is 2.78. The molecule has 0 bridgehead atoms. The number of benzene rings is 1. The summed E-state index contributed by atoms with van der Waals surface area (Å²) in [7, 11) is 0. The highest BCUT2D eigenvalue weighted by molar-refractivity contribution is 5.94. The zero-order valence-corrected chi connectivity index (χ0v) is 13.8. The molecule has 134 valence electrons. The van der Waals surface area contributed by atoms with Gasteiger partial charge >= 0.3 is 6.61 Å². The highest BCUT2D eigenvalue weighted by Crippen LogP contribution is 2.17. The second-order valence-corrected chi connectivity index (χ2v) is 5.91. The third kappa shape index (κ3) is 4.54. The summed E-state index contributed by atoms with van der Waals surface area (Å²) in [5.41, 5.74) is 1.31. The first-order valence-electron chi connectivity index (χ1n) is 8.00. The monoisotopic (exact) mass is 351 g/mol. The summed E-state index contributed by atoms with van der Waals surface area (Å²) in [4.78, 5) is 16.4. The van der Waals surface area contributed by atoms with Crippen molar-refractivity contribution < 1.29 is 22.8 Å². The van der Waals surface area contributed by atoms with Crippen molar-refractivity contribution in [3.63, 3.8) is 0 Å². The molecular formula is C17H19F2N3O3. The van der Waals surface area contributed by atoms with Crippen molar-refractivity contribution in [3.05, 3.63) is 47.3 Å². The number of hydrogen-bond donors (Lipinski definition) is 0. The first-order chi connectivity index (χ1) is 12.0. The van der Waals surface area contributed by atoms with Crippen LogP contribution in [-0.4, -0.2) is 53.7 Å². The van der Waals surface area contributed by atoms with Crippen molar-refractivity contribution in [1.82, 2.24) is 15.0 Å². The van der Waals surface area contributed by atoms with Gasteiger partial charge in [-0.3, -0.25) is 9.69 Å². The predicted octanol–water partition coefficient (Wildman–Crippen LogP) is 2.54. The SMILES string of the molecule is Cc1cc(CN2CCN(C(=O)c3ccc(OC(F)F)cc3)CC2)on1. The standard InChI is InChI=1S/C17H19F2N3O3/c1-12-10-15(25-20-12)11-21-6-8-22(9-7-21)16(23)13-2-4-14(5-3-13)24-17(18)19/h2-5,10,17H,6-9,11H2,1H3. The number of nitrogens with zero attached hydrogens (tertiary/aromatic N) is 3. The lowest BCUT2D eigenvalue weighted by atomic mass is 10.1. The Kier molecular flexibility index (Phi) is 5.28. The van der Waals surface area contributed by atoms with Crippen molar-refractivity contribution >= 4 is 5.91 Å². The molecule has 0 atom stereocenters. The van der Waals surface area contributed by atoms with Crippen molar-refractivity contribution in [2.45, 2.75) is 20.1 Å². The molecule has 6 nitrogen and oxygen atoms in total. The van der Waals surface area contributed by atoms with Gasteiger partial charge in [0, 0.05) is 37.8 Å². The van der Waals surface area contributed by atoms with Crippen molar-refractivity contribution in [3.8, 4) is 5.75 Å². The normalized spacial score (nSPS) is 15.6. The summed E-state index contributed by atoms with van der Waals surface area (Å²) >= 11 is 0. The molecule has 0 radical (unpaired) electrons. The molecule has 25 heavy (non-hydrogen) atoms. The van der Waals surface area contributed by atoms with E-state index in [1.165, 1.54) is 24.3 Å². The highest BCUT2D eigenvalue weighted by atomic mass is 19.3. The Hall–Kier alpha value is -2.48. The van der Waals surface area contributed by atoms with Crippen LogP contribution in [0.1, 0.15) is 21.8 Å². The minimum atomic E-state index is -2.87. The molecule has 3 rings (SSSR count). The van der Waals surface area contributed by atoms with Crippen molar-refractivity contribution in [1.29, 1.82) is 0 Å². The molecule has 1 aromatic carbocycles. The van der Waals surface area contributed by atoms with Gasteiger partial charge < -0.3 is 14.2 Å². The topological polar surface area (TPSA) is 58.8 Å². The fourth-order valence-corrected chi connectivity index (χ4v) is 2.78. The van der Waals surface area contributed by atoms with Gasteiger partial charge in [-0.2, -0.15) is 8.78 Å². The van der Waals surface area contributed by atoms with E-state index in [2.05, 4.69) is 14.8 Å². The molecule has 1 aliphatic rings. The van der Waals surface area contributed by atoms with E-state index in [0.29, 0.717) is 25.2 Å². The molecule has 2 aromatic rings. The minimum Gasteiger partial charge on any atom is -0.435 e. The molecule has 1 aromatic heterocycles. The van der Waals surface area contributed by atoms with Crippen LogP contribution in [0.2, 0.25) is 0 Å². The summed E-state index contributed by atoms with van der Waals surface area (Å²) in [6, 6.07) is 7.66. The van der Waals surface area contributed by atoms with Gasteiger partial charge in [-0.15, -0.1) is 0 Å². The van der Waals surface area contributed by atoms with E-state index < -0.39 is 6.61 Å². The van der Waals surface area contributed by atoms with E-state index in [1.807, 2.05) is 13.0 Å². The lowest BCUT2D eigenvalue weighted by Crippen LogP contribution is -2.48. The zero-order chi connectivity index (χ0) is 17.8. The van der Waals surface area contributed by atoms with Gasteiger partial charge in [0.05, 0.1) is 12.2 Å². The molecule has 8 heteroatoms. The number of aromatic nitrogens is 1. The van der Waals surface area contributed by atoms with Gasteiger partial charge in [0.15, 0.2) is 5.76 Å². The van der Waals surface area contributed by atoms with E-state index in [0.717, 1.165) is 24.5 Å². The van der Waals surface area contributed by atoms with Crippen LogP contribution in [0, 0.1) is 6.92 Å². The molecule has 1 fully saturated rings. The first kappa shape index (κ1) is 17.3. The van der Waals surface area contributed by atoms with Gasteiger partial charge in [-0.25, -0.2) is 0 Å². The van der Waals surface area contributed by atoms with E-state index in [9.17, 15) is 13.6 Å². The van der Waals surface area contributed by atoms with E-state index >= 15 is 0 Å². The maximum atomic E-state index is 12.5. The van der Waals surface area contributed by atoms with Gasteiger partial charge in [-0.1, -0.05) is 5.16 Å². The molecule has 0 saturated carbocycles. The second kappa shape index (κ2) is 7.60. The van der Waals surface area contributed by atoms with E-state index in [-0.39, 0.29) is 11.7 Å². The van der Waals surface area contributed by atoms with Crippen LogP contribution in [0.15, 0.2) is 34.9 Å². The van der Waals surface area contributed by atoms with Crippen LogP contribution < -0.4 is 4.74 Å². The third-order valence-corrected chi connectivity index (χ3v) is 4.04. The van der Waals surface area contributed by atoms with Crippen LogP contribution in [0.3, 0.4) is 0 Å². The molecule has 0 aliphatic carbocycles. The van der Waals surface area contributed by atoms with Crippen LogP contribution >= 0.6 is 0 Å². The summed E-state index contributed by atoms with van der Waals surface area (Å²) in [6.07, 6.45) is 0. The average molecular weight is 351 g/mol. The van der Waals surface area contributed by atoms with Crippen molar-refractivity contribution in [2.24, 2.45) is 0 Å². The summed E-state index contributed by atoms with van der Waals surface area (Å²) in [6.45, 7) is 2.34. The number of halogens is 2. The molecule has 2 heterocycles. The maximum Gasteiger partial charge on any atom is 0.387 e. The quantitative estimate of drug-likeness (QED) is 0.829. The van der Waals surface area contributed by atoms with Crippen molar-refractivity contribution in [2.75, 3.05) is 26.2 Å². The number of aryl methyl sites for hydroxylation is 1. The minimum absolute atomic E-state index is 0.0405. The Balaban J connectivity index is 1.52. The highest BCUT2D eigenvalue weighted by Gasteiger charge is 2.23. The number of hydrogen-bond acceptors (Lipinski definition) is 5. The fraction of sp³-hybridized carbons (Fsp3) is 0.412. The number of amides is 1. The smallest absolute Gasteiger partial charge is 0.387 e. The largest absolute Gasteiger partial charge is 0.435 e. The lowest BCUT2D eigenvalue weighted by Gasteiger charge is -2.34. The lowest BCUT2D eigenvalue weighted by molar-refractivity contribution is -0.0498. The molecule has 0 unspecified atom stereocenters. The van der Waals surface area contributed by atoms with Crippen LogP contribution in [0.5, 0.6) is 5.75 Å². The Morgan fingerprint density at radius 2 is 1.92 bits per heavy atom. The molecular weight excluding hydrogens is 332 g/mol. The Morgan fingerprint density at radius 1 is 1.24 bits per heavy atom. The second-order valence-electron chi connectivity index (χ2n) is 5.91. The van der Waals surface area contributed by atoms with Gasteiger partial charge in [0.25, 0.3) is 5.91 Å². The molecule has 1 amide bonds. The average Bonchev–Trinajstić information content (AvgIpc) is 3.00. The van der Waals surface area contributed by atoms with E-state index in [1.54, 1.807) is 4.90 Å².